The fraction of sp³-hybridized carbons (Fsp3) is 1.00. The van der Waals surface area contributed by atoms with E-state index < -0.39 is 0 Å². The lowest BCUT2D eigenvalue weighted by molar-refractivity contribution is -0.0487. The predicted molar refractivity (Wildman–Crippen MR) is 89.9 cm³/mol. The SMILES string of the molecule is CCCCCCCCC(C)OCC(C)OCCOCCC. The fourth-order valence-electron chi connectivity index (χ4n) is 2.20. The zero-order valence-corrected chi connectivity index (χ0v) is 14.9. The van der Waals surface area contributed by atoms with Crippen molar-refractivity contribution >= 4 is 0 Å². The van der Waals surface area contributed by atoms with Crippen LogP contribution in [0.2, 0.25) is 0 Å². The first-order chi connectivity index (χ1) is 10.2. The van der Waals surface area contributed by atoms with Crippen molar-refractivity contribution in [2.75, 3.05) is 26.4 Å². The van der Waals surface area contributed by atoms with Gasteiger partial charge >= 0.3 is 0 Å². The molecule has 0 spiro atoms. The van der Waals surface area contributed by atoms with Gasteiger partial charge in [-0.1, -0.05) is 52.4 Å². The molecule has 0 aliphatic carbocycles. The molecule has 3 nitrogen and oxygen atoms in total. The van der Waals surface area contributed by atoms with Crippen LogP contribution in [-0.2, 0) is 14.2 Å². The van der Waals surface area contributed by atoms with Gasteiger partial charge in [0.2, 0.25) is 0 Å². The Morgan fingerprint density at radius 2 is 1.38 bits per heavy atom. The van der Waals surface area contributed by atoms with E-state index in [1.165, 1.54) is 44.9 Å². The average molecular weight is 302 g/mol. The lowest BCUT2D eigenvalue weighted by Crippen LogP contribution is -2.22. The van der Waals surface area contributed by atoms with Gasteiger partial charge in [-0.05, 0) is 26.7 Å². The van der Waals surface area contributed by atoms with Crippen molar-refractivity contribution in [2.24, 2.45) is 0 Å². The highest BCUT2D eigenvalue weighted by molar-refractivity contribution is 4.55. The van der Waals surface area contributed by atoms with Crippen LogP contribution in [0.1, 0.15) is 79.1 Å². The van der Waals surface area contributed by atoms with Crippen LogP contribution in [0.15, 0.2) is 0 Å². The van der Waals surface area contributed by atoms with Crippen LogP contribution >= 0.6 is 0 Å². The third-order valence-electron chi connectivity index (χ3n) is 3.56. The predicted octanol–water partition coefficient (Wildman–Crippen LogP) is 4.97. The third kappa shape index (κ3) is 16.1. The van der Waals surface area contributed by atoms with Crippen molar-refractivity contribution in [1.82, 2.24) is 0 Å². The first-order valence-electron chi connectivity index (χ1n) is 9.01. The van der Waals surface area contributed by atoms with E-state index in [-0.39, 0.29) is 6.10 Å². The molecule has 0 aromatic carbocycles. The normalized spacial score (nSPS) is 14.3. The van der Waals surface area contributed by atoms with Crippen LogP contribution in [-0.4, -0.2) is 38.6 Å². The molecule has 2 unspecified atom stereocenters. The molecule has 0 bridgehead atoms. The molecule has 3 heteroatoms. The second kappa shape index (κ2) is 16.3. The van der Waals surface area contributed by atoms with Crippen LogP contribution in [0.3, 0.4) is 0 Å². The smallest absolute Gasteiger partial charge is 0.0781 e. The van der Waals surface area contributed by atoms with Crippen molar-refractivity contribution in [3.05, 3.63) is 0 Å². The molecule has 0 aromatic rings. The summed E-state index contributed by atoms with van der Waals surface area (Å²) in [7, 11) is 0. The van der Waals surface area contributed by atoms with E-state index in [1.807, 2.05) is 0 Å². The molecule has 0 fully saturated rings. The standard InChI is InChI=1S/C18H38O3/c1-5-7-8-9-10-11-12-17(3)21-16-18(4)20-15-14-19-13-6-2/h17-18H,5-16H2,1-4H3. The Bertz CT molecular complexity index is 197. The van der Waals surface area contributed by atoms with Gasteiger partial charge in [-0.3, -0.25) is 0 Å². The number of rotatable bonds is 16. The highest BCUT2D eigenvalue weighted by atomic mass is 16.6. The van der Waals surface area contributed by atoms with Gasteiger partial charge in [0.25, 0.3) is 0 Å². The fourth-order valence-corrected chi connectivity index (χ4v) is 2.20. The second-order valence-electron chi connectivity index (χ2n) is 5.99. The van der Waals surface area contributed by atoms with Gasteiger partial charge < -0.3 is 14.2 Å². The highest BCUT2D eigenvalue weighted by Crippen LogP contribution is 2.10. The van der Waals surface area contributed by atoms with Crippen LogP contribution in [0, 0.1) is 0 Å². The summed E-state index contributed by atoms with van der Waals surface area (Å²) in [6.07, 6.45) is 10.8. The Balaban J connectivity index is 3.32. The topological polar surface area (TPSA) is 27.7 Å². The van der Waals surface area contributed by atoms with Crippen molar-refractivity contribution < 1.29 is 14.2 Å². The molecule has 0 saturated carbocycles. The van der Waals surface area contributed by atoms with Gasteiger partial charge in [0.1, 0.15) is 0 Å². The Labute approximate surface area is 132 Å². The Morgan fingerprint density at radius 3 is 2.10 bits per heavy atom. The van der Waals surface area contributed by atoms with Gasteiger partial charge in [-0.2, -0.15) is 0 Å². The minimum absolute atomic E-state index is 0.155. The molecule has 0 aliphatic rings. The molecular weight excluding hydrogens is 264 g/mol. The minimum Gasteiger partial charge on any atom is -0.379 e. The van der Waals surface area contributed by atoms with Gasteiger partial charge in [0, 0.05) is 6.61 Å². The molecule has 0 amide bonds. The van der Waals surface area contributed by atoms with Crippen molar-refractivity contribution in [3.8, 4) is 0 Å². The van der Waals surface area contributed by atoms with Gasteiger partial charge in [0.15, 0.2) is 0 Å². The molecule has 0 saturated heterocycles. The van der Waals surface area contributed by atoms with E-state index >= 15 is 0 Å². The number of hydrogen-bond donors (Lipinski definition) is 0. The molecule has 21 heavy (non-hydrogen) atoms. The number of hydrogen-bond acceptors (Lipinski definition) is 3. The average Bonchev–Trinajstić information content (AvgIpc) is 2.48. The van der Waals surface area contributed by atoms with Crippen molar-refractivity contribution in [3.63, 3.8) is 0 Å². The summed E-state index contributed by atoms with van der Waals surface area (Å²) in [4.78, 5) is 0. The first kappa shape index (κ1) is 20.9. The molecular formula is C18H38O3. The summed E-state index contributed by atoms with van der Waals surface area (Å²) in [6, 6.07) is 0. The van der Waals surface area contributed by atoms with Crippen molar-refractivity contribution in [2.45, 2.75) is 91.3 Å². The summed E-state index contributed by atoms with van der Waals surface area (Å²) >= 11 is 0. The Morgan fingerprint density at radius 1 is 0.667 bits per heavy atom. The van der Waals surface area contributed by atoms with Crippen molar-refractivity contribution in [1.29, 1.82) is 0 Å². The molecule has 0 radical (unpaired) electrons. The summed E-state index contributed by atoms with van der Waals surface area (Å²) < 4.78 is 16.9. The quantitative estimate of drug-likeness (QED) is 0.377. The number of unbranched alkanes of at least 4 members (excludes halogenated alkanes) is 5. The molecule has 2 atom stereocenters. The molecule has 0 heterocycles. The second-order valence-corrected chi connectivity index (χ2v) is 5.99. The summed E-state index contributed by atoms with van der Waals surface area (Å²) in [6.45, 7) is 11.5. The Hall–Kier alpha value is -0.120. The Kier molecular flexibility index (Phi) is 16.2. The monoisotopic (exact) mass is 302 g/mol. The molecule has 0 N–H and O–H groups in total. The summed E-state index contributed by atoms with van der Waals surface area (Å²) in [5, 5.41) is 0. The van der Waals surface area contributed by atoms with Crippen LogP contribution in [0.25, 0.3) is 0 Å². The lowest BCUT2D eigenvalue weighted by atomic mass is 10.1. The zero-order valence-electron chi connectivity index (χ0n) is 14.9. The third-order valence-corrected chi connectivity index (χ3v) is 3.56. The van der Waals surface area contributed by atoms with Gasteiger partial charge in [0.05, 0.1) is 32.0 Å². The van der Waals surface area contributed by atoms with Crippen LogP contribution in [0.5, 0.6) is 0 Å². The summed E-state index contributed by atoms with van der Waals surface area (Å²) in [5.41, 5.74) is 0. The lowest BCUT2D eigenvalue weighted by Gasteiger charge is -2.17. The first-order valence-corrected chi connectivity index (χ1v) is 9.01. The van der Waals surface area contributed by atoms with E-state index in [0.717, 1.165) is 13.0 Å². The van der Waals surface area contributed by atoms with Crippen LogP contribution in [0.4, 0.5) is 0 Å². The minimum atomic E-state index is 0.155. The van der Waals surface area contributed by atoms with E-state index in [1.54, 1.807) is 0 Å². The maximum Gasteiger partial charge on any atom is 0.0781 e. The van der Waals surface area contributed by atoms with Gasteiger partial charge in [-0.15, -0.1) is 0 Å². The molecule has 0 aliphatic heterocycles. The highest BCUT2D eigenvalue weighted by Gasteiger charge is 2.07. The van der Waals surface area contributed by atoms with E-state index in [2.05, 4.69) is 27.7 Å². The largest absolute Gasteiger partial charge is 0.379 e. The molecule has 0 rings (SSSR count). The van der Waals surface area contributed by atoms with Crippen LogP contribution < -0.4 is 0 Å². The van der Waals surface area contributed by atoms with E-state index in [4.69, 9.17) is 14.2 Å². The number of ether oxygens (including phenoxy) is 3. The van der Waals surface area contributed by atoms with E-state index in [9.17, 15) is 0 Å². The molecule has 0 aromatic heterocycles. The summed E-state index contributed by atoms with van der Waals surface area (Å²) in [5.74, 6) is 0. The molecule has 128 valence electrons. The zero-order chi connectivity index (χ0) is 15.8. The maximum absolute atomic E-state index is 5.84. The maximum atomic E-state index is 5.84. The van der Waals surface area contributed by atoms with Gasteiger partial charge in [-0.25, -0.2) is 0 Å². The van der Waals surface area contributed by atoms with E-state index in [0.29, 0.717) is 25.9 Å².